The fraction of sp³-hybridized carbons (Fsp3) is 0.667. The Balaban J connectivity index is 2.81. The lowest BCUT2D eigenvalue weighted by molar-refractivity contribution is -0.00581. The summed E-state index contributed by atoms with van der Waals surface area (Å²) in [6, 6.07) is 1.81. The van der Waals surface area contributed by atoms with Crippen molar-refractivity contribution in [3.63, 3.8) is 0 Å². The van der Waals surface area contributed by atoms with Crippen LogP contribution in [0.4, 0.5) is 0 Å². The number of rotatable bonds is 4. The van der Waals surface area contributed by atoms with Gasteiger partial charge in [0.1, 0.15) is 6.10 Å². The summed E-state index contributed by atoms with van der Waals surface area (Å²) < 4.78 is 6.81. The first kappa shape index (κ1) is 10.2. The molecule has 0 aromatic carbocycles. The Hall–Kier alpha value is -0.870. The van der Waals surface area contributed by atoms with Crippen LogP contribution in [-0.2, 0) is 11.3 Å². The average molecular weight is 184 g/mol. The van der Waals surface area contributed by atoms with Crippen molar-refractivity contribution in [2.45, 2.75) is 32.6 Å². The van der Waals surface area contributed by atoms with Crippen LogP contribution in [0.3, 0.4) is 0 Å². The van der Waals surface area contributed by atoms with Gasteiger partial charge in [0, 0.05) is 19.9 Å². The van der Waals surface area contributed by atoms with E-state index in [1.54, 1.807) is 18.0 Å². The fourth-order valence-corrected chi connectivity index (χ4v) is 1.23. The van der Waals surface area contributed by atoms with Crippen LogP contribution in [0.5, 0.6) is 0 Å². The second-order valence-electron chi connectivity index (χ2n) is 2.96. The van der Waals surface area contributed by atoms with Crippen LogP contribution >= 0.6 is 0 Å². The van der Waals surface area contributed by atoms with Crippen LogP contribution in [0.1, 0.15) is 25.6 Å². The van der Waals surface area contributed by atoms with Crippen molar-refractivity contribution in [1.29, 1.82) is 0 Å². The SMILES string of the molecule is CCn1nccc1C(O)C(C)OC. The summed E-state index contributed by atoms with van der Waals surface area (Å²) in [6.07, 6.45) is 0.874. The highest BCUT2D eigenvalue weighted by Gasteiger charge is 2.18. The number of aryl methyl sites for hydroxylation is 1. The third-order valence-electron chi connectivity index (χ3n) is 2.17. The van der Waals surface area contributed by atoms with Gasteiger partial charge >= 0.3 is 0 Å². The van der Waals surface area contributed by atoms with E-state index in [0.29, 0.717) is 0 Å². The minimum atomic E-state index is -0.604. The highest BCUT2D eigenvalue weighted by molar-refractivity contribution is 5.05. The van der Waals surface area contributed by atoms with E-state index in [9.17, 15) is 5.11 Å². The smallest absolute Gasteiger partial charge is 0.121 e. The van der Waals surface area contributed by atoms with Gasteiger partial charge in [0.05, 0.1) is 11.8 Å². The average Bonchev–Trinajstić information content (AvgIpc) is 2.62. The zero-order chi connectivity index (χ0) is 9.84. The molecule has 1 aromatic heterocycles. The molecule has 0 spiro atoms. The largest absolute Gasteiger partial charge is 0.384 e. The Kier molecular flexibility index (Phi) is 3.45. The normalized spacial score (nSPS) is 15.7. The minimum absolute atomic E-state index is 0.206. The van der Waals surface area contributed by atoms with Gasteiger partial charge in [-0.05, 0) is 19.9 Å². The Morgan fingerprint density at radius 2 is 2.38 bits per heavy atom. The summed E-state index contributed by atoms with van der Waals surface area (Å²) in [5.41, 5.74) is 0.803. The van der Waals surface area contributed by atoms with Gasteiger partial charge in [-0.15, -0.1) is 0 Å². The summed E-state index contributed by atoms with van der Waals surface area (Å²) in [4.78, 5) is 0. The van der Waals surface area contributed by atoms with Crippen LogP contribution in [0, 0.1) is 0 Å². The van der Waals surface area contributed by atoms with Gasteiger partial charge in [-0.2, -0.15) is 5.10 Å². The molecule has 0 radical (unpaired) electrons. The van der Waals surface area contributed by atoms with Gasteiger partial charge in [0.15, 0.2) is 0 Å². The quantitative estimate of drug-likeness (QED) is 0.758. The molecule has 4 heteroatoms. The van der Waals surface area contributed by atoms with Crippen LogP contribution in [-0.4, -0.2) is 28.1 Å². The molecule has 2 atom stereocenters. The number of nitrogens with zero attached hydrogens (tertiary/aromatic N) is 2. The van der Waals surface area contributed by atoms with Gasteiger partial charge in [-0.25, -0.2) is 0 Å². The van der Waals surface area contributed by atoms with Crippen molar-refractivity contribution in [1.82, 2.24) is 9.78 Å². The third kappa shape index (κ3) is 2.08. The first-order chi connectivity index (χ1) is 6.20. The molecule has 0 fully saturated rings. The molecule has 1 aromatic rings. The van der Waals surface area contributed by atoms with Crippen molar-refractivity contribution >= 4 is 0 Å². The Labute approximate surface area is 78.1 Å². The summed E-state index contributed by atoms with van der Waals surface area (Å²) in [6.45, 7) is 4.58. The monoisotopic (exact) mass is 184 g/mol. The highest BCUT2D eigenvalue weighted by Crippen LogP contribution is 2.17. The van der Waals surface area contributed by atoms with Gasteiger partial charge in [0.2, 0.25) is 0 Å². The lowest BCUT2D eigenvalue weighted by Crippen LogP contribution is -2.20. The standard InChI is InChI=1S/C9H16N2O2/c1-4-11-8(5-6-10-11)9(12)7(2)13-3/h5-7,9,12H,4H2,1-3H3. The van der Waals surface area contributed by atoms with Crippen LogP contribution in [0.15, 0.2) is 12.3 Å². The molecule has 0 aliphatic carbocycles. The van der Waals surface area contributed by atoms with E-state index < -0.39 is 6.10 Å². The first-order valence-electron chi connectivity index (χ1n) is 4.43. The van der Waals surface area contributed by atoms with Crippen molar-refractivity contribution < 1.29 is 9.84 Å². The number of ether oxygens (including phenoxy) is 1. The number of aromatic nitrogens is 2. The van der Waals surface area contributed by atoms with Crippen molar-refractivity contribution in [3.05, 3.63) is 18.0 Å². The molecule has 0 saturated heterocycles. The van der Waals surface area contributed by atoms with Crippen LogP contribution in [0.2, 0.25) is 0 Å². The van der Waals surface area contributed by atoms with Gasteiger partial charge in [-0.3, -0.25) is 4.68 Å². The molecular formula is C9H16N2O2. The molecule has 1 heterocycles. The van der Waals surface area contributed by atoms with E-state index in [1.807, 2.05) is 19.9 Å². The maximum absolute atomic E-state index is 9.80. The molecule has 0 bridgehead atoms. The van der Waals surface area contributed by atoms with Gasteiger partial charge in [-0.1, -0.05) is 0 Å². The van der Waals surface area contributed by atoms with E-state index in [2.05, 4.69) is 5.10 Å². The zero-order valence-electron chi connectivity index (χ0n) is 8.27. The molecule has 2 unspecified atom stereocenters. The third-order valence-corrected chi connectivity index (χ3v) is 2.17. The molecule has 0 amide bonds. The maximum Gasteiger partial charge on any atom is 0.121 e. The predicted molar refractivity (Wildman–Crippen MR) is 49.3 cm³/mol. The molecule has 4 nitrogen and oxygen atoms in total. The summed E-state index contributed by atoms with van der Waals surface area (Å²) in [7, 11) is 1.58. The van der Waals surface area contributed by atoms with E-state index in [1.165, 1.54) is 0 Å². The van der Waals surface area contributed by atoms with E-state index >= 15 is 0 Å². The lowest BCUT2D eigenvalue weighted by Gasteiger charge is -2.17. The van der Waals surface area contributed by atoms with Gasteiger partial charge in [0.25, 0.3) is 0 Å². The molecule has 0 aliphatic heterocycles. The summed E-state index contributed by atoms with van der Waals surface area (Å²) in [5, 5.41) is 13.9. The zero-order valence-corrected chi connectivity index (χ0v) is 8.27. The molecule has 0 saturated carbocycles. The Bertz CT molecular complexity index is 260. The number of aliphatic hydroxyl groups excluding tert-OH is 1. The number of aliphatic hydroxyl groups is 1. The van der Waals surface area contributed by atoms with E-state index in [0.717, 1.165) is 12.2 Å². The number of hydrogen-bond acceptors (Lipinski definition) is 3. The summed E-state index contributed by atoms with van der Waals surface area (Å²) in [5.74, 6) is 0. The number of methoxy groups -OCH3 is 1. The van der Waals surface area contributed by atoms with Crippen LogP contribution in [0.25, 0.3) is 0 Å². The second kappa shape index (κ2) is 4.39. The van der Waals surface area contributed by atoms with Crippen molar-refractivity contribution in [2.75, 3.05) is 7.11 Å². The number of hydrogen-bond donors (Lipinski definition) is 1. The summed E-state index contributed by atoms with van der Waals surface area (Å²) >= 11 is 0. The molecule has 1 rings (SSSR count). The lowest BCUT2D eigenvalue weighted by atomic mass is 10.1. The Morgan fingerprint density at radius 1 is 1.69 bits per heavy atom. The van der Waals surface area contributed by atoms with E-state index in [-0.39, 0.29) is 6.10 Å². The first-order valence-corrected chi connectivity index (χ1v) is 4.43. The Morgan fingerprint density at radius 3 is 2.92 bits per heavy atom. The highest BCUT2D eigenvalue weighted by atomic mass is 16.5. The maximum atomic E-state index is 9.80. The van der Waals surface area contributed by atoms with E-state index in [4.69, 9.17) is 4.74 Å². The minimum Gasteiger partial charge on any atom is -0.384 e. The van der Waals surface area contributed by atoms with Crippen LogP contribution < -0.4 is 0 Å². The molecule has 74 valence electrons. The molecule has 13 heavy (non-hydrogen) atoms. The van der Waals surface area contributed by atoms with Crippen molar-refractivity contribution in [2.24, 2.45) is 0 Å². The molecule has 0 aliphatic rings. The van der Waals surface area contributed by atoms with Gasteiger partial charge < -0.3 is 9.84 Å². The second-order valence-corrected chi connectivity index (χ2v) is 2.96. The van der Waals surface area contributed by atoms with Crippen molar-refractivity contribution in [3.8, 4) is 0 Å². The topological polar surface area (TPSA) is 47.3 Å². The molecule has 1 N–H and O–H groups in total. The fourth-order valence-electron chi connectivity index (χ4n) is 1.23. The predicted octanol–water partition coefficient (Wildman–Crippen LogP) is 0.971. The molecular weight excluding hydrogens is 168 g/mol.